The highest BCUT2D eigenvalue weighted by Crippen LogP contribution is 2.29. The molecule has 2 aliphatic heterocycles. The van der Waals surface area contributed by atoms with Crippen molar-refractivity contribution in [3.63, 3.8) is 0 Å². The molecule has 20 heavy (non-hydrogen) atoms. The Morgan fingerprint density at radius 1 is 1.45 bits per heavy atom. The number of fused-ring (bicyclic) bond motifs is 1. The van der Waals surface area contributed by atoms with E-state index in [0.717, 1.165) is 18.7 Å². The molecule has 7 heteroatoms. The van der Waals surface area contributed by atoms with Gasteiger partial charge in [0.2, 0.25) is 0 Å². The van der Waals surface area contributed by atoms with Crippen molar-refractivity contribution in [2.75, 3.05) is 11.5 Å². The van der Waals surface area contributed by atoms with Crippen LogP contribution in [0, 0.1) is 5.92 Å². The van der Waals surface area contributed by atoms with E-state index in [1.165, 1.54) is 0 Å². The first-order chi connectivity index (χ1) is 9.44. The number of hydrogen-bond acceptors (Lipinski definition) is 4. The van der Waals surface area contributed by atoms with Gasteiger partial charge in [-0.25, -0.2) is 13.4 Å². The van der Waals surface area contributed by atoms with Crippen LogP contribution in [0.15, 0.2) is 6.20 Å². The van der Waals surface area contributed by atoms with E-state index in [2.05, 4.69) is 4.98 Å². The second-order valence-corrected chi connectivity index (χ2v) is 8.02. The van der Waals surface area contributed by atoms with E-state index < -0.39 is 21.7 Å². The normalized spacial score (nSPS) is 28.2. The lowest BCUT2D eigenvalue weighted by Crippen LogP contribution is -2.22. The van der Waals surface area contributed by atoms with Crippen LogP contribution >= 0.6 is 0 Å². The second kappa shape index (κ2) is 4.87. The Morgan fingerprint density at radius 3 is 2.90 bits per heavy atom. The Labute approximate surface area is 117 Å². The van der Waals surface area contributed by atoms with Crippen molar-refractivity contribution in [2.24, 2.45) is 5.92 Å². The summed E-state index contributed by atoms with van der Waals surface area (Å²) in [6.07, 6.45) is 4.69. The molecule has 110 valence electrons. The van der Waals surface area contributed by atoms with Gasteiger partial charge in [-0.2, -0.15) is 0 Å². The van der Waals surface area contributed by atoms with Gasteiger partial charge in [-0.05, 0) is 31.6 Å². The van der Waals surface area contributed by atoms with E-state index in [0.29, 0.717) is 25.1 Å². The molecule has 0 bridgehead atoms. The molecule has 0 aliphatic carbocycles. The maximum Gasteiger partial charge on any atom is 0.314 e. The van der Waals surface area contributed by atoms with Crippen molar-refractivity contribution in [1.29, 1.82) is 0 Å². The Bertz CT molecular complexity index is 635. The lowest BCUT2D eigenvalue weighted by Gasteiger charge is -2.19. The number of sulfone groups is 1. The quantitative estimate of drug-likeness (QED) is 0.892. The second-order valence-electron chi connectivity index (χ2n) is 5.79. The van der Waals surface area contributed by atoms with Gasteiger partial charge in [-0.15, -0.1) is 0 Å². The fraction of sp³-hybridized carbons (Fsp3) is 0.692. The topological polar surface area (TPSA) is 89.3 Å². The molecule has 0 radical (unpaired) electrons. The summed E-state index contributed by atoms with van der Waals surface area (Å²) in [6, 6.07) is 0. The number of carboxylic acid groups (broad SMARTS) is 1. The molecular formula is C13H18N2O4S. The first kappa shape index (κ1) is 13.6. The maximum atomic E-state index is 11.5. The summed E-state index contributed by atoms with van der Waals surface area (Å²) in [6.45, 7) is 0.801. The Morgan fingerprint density at radius 2 is 2.25 bits per heavy atom. The predicted octanol–water partition coefficient (Wildman–Crippen LogP) is 0.822. The highest BCUT2D eigenvalue weighted by molar-refractivity contribution is 7.91. The molecule has 1 N–H and O–H groups in total. The zero-order chi connectivity index (χ0) is 14.3. The van der Waals surface area contributed by atoms with E-state index >= 15 is 0 Å². The highest BCUT2D eigenvalue weighted by Gasteiger charge is 2.31. The molecule has 0 spiro atoms. The first-order valence-corrected chi connectivity index (χ1v) is 8.76. The van der Waals surface area contributed by atoms with Crippen LogP contribution in [0.3, 0.4) is 0 Å². The third-order valence-electron chi connectivity index (χ3n) is 4.18. The van der Waals surface area contributed by atoms with Crippen LogP contribution in [0.25, 0.3) is 0 Å². The fourth-order valence-corrected chi connectivity index (χ4v) is 5.06. The van der Waals surface area contributed by atoms with Crippen molar-refractivity contribution < 1.29 is 18.3 Å². The third-order valence-corrected chi connectivity index (χ3v) is 6.02. The van der Waals surface area contributed by atoms with Gasteiger partial charge in [0.25, 0.3) is 0 Å². The Balaban J connectivity index is 1.78. The van der Waals surface area contributed by atoms with Gasteiger partial charge in [-0.3, -0.25) is 4.79 Å². The number of aliphatic carboxylic acids is 1. The fourth-order valence-electron chi connectivity index (χ4n) is 3.20. The molecule has 0 amide bonds. The molecule has 2 aliphatic rings. The molecule has 1 aromatic heterocycles. The van der Waals surface area contributed by atoms with Crippen LogP contribution in [-0.4, -0.2) is 40.6 Å². The molecule has 6 nitrogen and oxygen atoms in total. The van der Waals surface area contributed by atoms with Gasteiger partial charge < -0.3 is 9.67 Å². The van der Waals surface area contributed by atoms with Gasteiger partial charge in [0.1, 0.15) is 11.7 Å². The summed E-state index contributed by atoms with van der Waals surface area (Å²) in [5.74, 6) is -0.100. The van der Waals surface area contributed by atoms with Crippen LogP contribution in [0.2, 0.25) is 0 Å². The smallest absolute Gasteiger partial charge is 0.314 e. The SMILES string of the molecule is O=C(O)C1CCCn2cc(CC3CCS(=O)(=O)C3)nc21. The van der Waals surface area contributed by atoms with Gasteiger partial charge >= 0.3 is 5.97 Å². The minimum Gasteiger partial charge on any atom is -0.481 e. The van der Waals surface area contributed by atoms with E-state index in [-0.39, 0.29) is 17.4 Å². The number of carbonyl (C=O) groups is 1. The molecule has 0 aromatic carbocycles. The van der Waals surface area contributed by atoms with Crippen LogP contribution < -0.4 is 0 Å². The van der Waals surface area contributed by atoms with Crippen LogP contribution in [0.5, 0.6) is 0 Å². The Hall–Kier alpha value is -1.37. The first-order valence-electron chi connectivity index (χ1n) is 6.94. The van der Waals surface area contributed by atoms with Gasteiger partial charge in [0.15, 0.2) is 9.84 Å². The molecule has 3 rings (SSSR count). The van der Waals surface area contributed by atoms with Crippen molar-refractivity contribution in [1.82, 2.24) is 9.55 Å². The van der Waals surface area contributed by atoms with Crippen molar-refractivity contribution >= 4 is 15.8 Å². The standard InChI is InChI=1S/C13H18N2O4S/c16-13(17)11-2-1-4-15-7-10(14-12(11)15)6-9-3-5-20(18,19)8-9/h7,9,11H,1-6,8H2,(H,16,17). The summed E-state index contributed by atoms with van der Waals surface area (Å²) >= 11 is 0. The van der Waals surface area contributed by atoms with Gasteiger partial charge in [0, 0.05) is 12.7 Å². The minimum absolute atomic E-state index is 0.125. The summed E-state index contributed by atoms with van der Waals surface area (Å²) in [5.41, 5.74) is 0.829. The van der Waals surface area contributed by atoms with E-state index in [1.807, 2.05) is 10.8 Å². The average molecular weight is 298 g/mol. The van der Waals surface area contributed by atoms with E-state index in [9.17, 15) is 18.3 Å². The predicted molar refractivity (Wildman–Crippen MR) is 72.3 cm³/mol. The van der Waals surface area contributed by atoms with E-state index in [1.54, 1.807) is 0 Å². The summed E-state index contributed by atoms with van der Waals surface area (Å²) in [4.78, 5) is 15.7. The summed E-state index contributed by atoms with van der Waals surface area (Å²) < 4.78 is 24.8. The number of imidazole rings is 1. The van der Waals surface area contributed by atoms with Crippen molar-refractivity contribution in [3.05, 3.63) is 17.7 Å². The zero-order valence-corrected chi connectivity index (χ0v) is 12.0. The number of aromatic nitrogens is 2. The van der Waals surface area contributed by atoms with Crippen LogP contribution in [-0.2, 0) is 27.6 Å². The molecule has 1 aromatic rings. The summed E-state index contributed by atoms with van der Waals surface area (Å²) in [7, 11) is -2.87. The number of nitrogens with zero attached hydrogens (tertiary/aromatic N) is 2. The highest BCUT2D eigenvalue weighted by atomic mass is 32.2. The van der Waals surface area contributed by atoms with Gasteiger partial charge in [-0.1, -0.05) is 0 Å². The van der Waals surface area contributed by atoms with Crippen LogP contribution in [0.1, 0.15) is 36.7 Å². The largest absolute Gasteiger partial charge is 0.481 e. The van der Waals surface area contributed by atoms with E-state index in [4.69, 9.17) is 0 Å². The van der Waals surface area contributed by atoms with Crippen molar-refractivity contribution in [3.8, 4) is 0 Å². The Kier molecular flexibility index (Phi) is 3.32. The number of carboxylic acids is 1. The minimum atomic E-state index is -2.87. The molecule has 1 fully saturated rings. The van der Waals surface area contributed by atoms with Crippen LogP contribution in [0.4, 0.5) is 0 Å². The maximum absolute atomic E-state index is 11.5. The zero-order valence-electron chi connectivity index (χ0n) is 11.2. The molecule has 2 unspecified atom stereocenters. The summed E-state index contributed by atoms with van der Waals surface area (Å²) in [5, 5.41) is 9.21. The monoisotopic (exact) mass is 298 g/mol. The molecule has 0 saturated carbocycles. The molecule has 2 atom stereocenters. The van der Waals surface area contributed by atoms with Crippen molar-refractivity contribution in [2.45, 2.75) is 38.1 Å². The lowest BCUT2D eigenvalue weighted by atomic mass is 9.99. The number of rotatable bonds is 3. The molecule has 1 saturated heterocycles. The third kappa shape index (κ3) is 2.59. The average Bonchev–Trinajstić information content (AvgIpc) is 2.91. The van der Waals surface area contributed by atoms with Gasteiger partial charge in [0.05, 0.1) is 17.2 Å². The molecular weight excluding hydrogens is 280 g/mol. The molecule has 3 heterocycles. The number of aryl methyl sites for hydroxylation is 1. The number of hydrogen-bond donors (Lipinski definition) is 1. The lowest BCUT2D eigenvalue weighted by molar-refractivity contribution is -0.139.